The van der Waals surface area contributed by atoms with Gasteiger partial charge in [0.2, 0.25) is 0 Å². The van der Waals surface area contributed by atoms with Gasteiger partial charge >= 0.3 is 0 Å². The number of benzene rings is 1. The Labute approximate surface area is 114 Å². The van der Waals surface area contributed by atoms with Gasteiger partial charge in [0.1, 0.15) is 0 Å². The van der Waals surface area contributed by atoms with Crippen molar-refractivity contribution in [3.8, 4) is 0 Å². The molecule has 18 heavy (non-hydrogen) atoms. The van der Waals surface area contributed by atoms with Gasteiger partial charge in [-0.25, -0.2) is 0 Å². The van der Waals surface area contributed by atoms with Crippen molar-refractivity contribution >= 4 is 17.7 Å². The van der Waals surface area contributed by atoms with Crippen LogP contribution in [0, 0.1) is 0 Å². The van der Waals surface area contributed by atoms with Gasteiger partial charge in [-0.15, -0.1) is 11.8 Å². The number of nitrogens with zero attached hydrogens (tertiary/aromatic N) is 1. The number of likely N-dealkylation sites (tertiary alicyclic amines) is 1. The average molecular weight is 263 g/mol. The standard InChI is InChI=1S/C15H21NOS/c1-11-7-6-8-12(2)16(11)15(17)13-9-4-5-10-14(13)18-3/h4-5,9-12H,6-8H2,1-3H3. The van der Waals surface area contributed by atoms with E-state index >= 15 is 0 Å². The zero-order valence-electron chi connectivity index (χ0n) is 11.3. The number of hydrogen-bond acceptors (Lipinski definition) is 2. The van der Waals surface area contributed by atoms with E-state index in [2.05, 4.69) is 18.7 Å². The summed E-state index contributed by atoms with van der Waals surface area (Å²) in [6.07, 6.45) is 5.50. The maximum absolute atomic E-state index is 12.7. The fourth-order valence-corrected chi connectivity index (χ4v) is 3.37. The Morgan fingerprint density at radius 2 is 1.83 bits per heavy atom. The molecule has 0 bridgehead atoms. The van der Waals surface area contributed by atoms with E-state index in [1.165, 1.54) is 6.42 Å². The lowest BCUT2D eigenvalue weighted by molar-refractivity contribution is 0.0507. The largest absolute Gasteiger partial charge is 0.333 e. The number of amides is 1. The molecule has 2 rings (SSSR count). The van der Waals surface area contributed by atoms with Gasteiger partial charge in [-0.05, 0) is 51.5 Å². The van der Waals surface area contributed by atoms with Gasteiger partial charge in [-0.2, -0.15) is 0 Å². The van der Waals surface area contributed by atoms with E-state index in [0.717, 1.165) is 23.3 Å². The molecule has 0 saturated carbocycles. The zero-order chi connectivity index (χ0) is 13.1. The first kappa shape index (κ1) is 13.5. The molecule has 1 aliphatic rings. The highest BCUT2D eigenvalue weighted by molar-refractivity contribution is 7.98. The van der Waals surface area contributed by atoms with Gasteiger partial charge in [0.25, 0.3) is 5.91 Å². The minimum Gasteiger partial charge on any atom is -0.333 e. The third-order valence-electron chi connectivity index (χ3n) is 3.77. The Hall–Kier alpha value is -0.960. The molecule has 3 heteroatoms. The summed E-state index contributed by atoms with van der Waals surface area (Å²) in [5.41, 5.74) is 0.852. The van der Waals surface area contributed by atoms with Crippen LogP contribution in [0.25, 0.3) is 0 Å². The molecule has 1 fully saturated rings. The van der Waals surface area contributed by atoms with Crippen LogP contribution in [-0.2, 0) is 0 Å². The molecule has 1 heterocycles. The predicted molar refractivity (Wildman–Crippen MR) is 77.2 cm³/mol. The van der Waals surface area contributed by atoms with Gasteiger partial charge in [0.15, 0.2) is 0 Å². The molecule has 0 aromatic heterocycles. The smallest absolute Gasteiger partial charge is 0.255 e. The van der Waals surface area contributed by atoms with Crippen molar-refractivity contribution in [1.29, 1.82) is 0 Å². The molecule has 0 spiro atoms. The van der Waals surface area contributed by atoms with Crippen LogP contribution in [0.4, 0.5) is 0 Å². The third kappa shape index (κ3) is 2.56. The van der Waals surface area contributed by atoms with Gasteiger partial charge in [0.05, 0.1) is 5.56 Å². The zero-order valence-corrected chi connectivity index (χ0v) is 12.2. The Balaban J connectivity index is 2.29. The number of piperidine rings is 1. The van der Waals surface area contributed by atoms with Crippen molar-refractivity contribution in [2.24, 2.45) is 0 Å². The SMILES string of the molecule is CSc1ccccc1C(=O)N1C(C)CCCC1C. The number of carbonyl (C=O) groups excluding carboxylic acids is 1. The summed E-state index contributed by atoms with van der Waals surface area (Å²) in [4.78, 5) is 15.9. The van der Waals surface area contributed by atoms with E-state index in [9.17, 15) is 4.79 Å². The first-order chi connectivity index (χ1) is 8.65. The maximum atomic E-state index is 12.7. The van der Waals surface area contributed by atoms with E-state index in [0.29, 0.717) is 12.1 Å². The summed E-state index contributed by atoms with van der Waals surface area (Å²) < 4.78 is 0. The summed E-state index contributed by atoms with van der Waals surface area (Å²) in [5, 5.41) is 0. The van der Waals surface area contributed by atoms with Crippen molar-refractivity contribution in [2.45, 2.75) is 50.1 Å². The number of carbonyl (C=O) groups is 1. The van der Waals surface area contributed by atoms with Crippen LogP contribution in [0.3, 0.4) is 0 Å². The fraction of sp³-hybridized carbons (Fsp3) is 0.533. The summed E-state index contributed by atoms with van der Waals surface area (Å²) in [6, 6.07) is 8.63. The van der Waals surface area contributed by atoms with Crippen LogP contribution in [0.2, 0.25) is 0 Å². The minimum absolute atomic E-state index is 0.194. The van der Waals surface area contributed by atoms with E-state index in [1.807, 2.05) is 30.5 Å². The molecular weight excluding hydrogens is 242 g/mol. The van der Waals surface area contributed by atoms with Crippen molar-refractivity contribution < 1.29 is 4.79 Å². The molecule has 2 unspecified atom stereocenters. The Kier molecular flexibility index (Phi) is 4.33. The Morgan fingerprint density at radius 1 is 1.22 bits per heavy atom. The molecule has 1 saturated heterocycles. The lowest BCUT2D eigenvalue weighted by Crippen LogP contribution is -2.47. The Bertz CT molecular complexity index is 422. The number of hydrogen-bond donors (Lipinski definition) is 0. The molecule has 0 N–H and O–H groups in total. The normalized spacial score (nSPS) is 24.1. The highest BCUT2D eigenvalue weighted by Gasteiger charge is 2.30. The van der Waals surface area contributed by atoms with Crippen LogP contribution >= 0.6 is 11.8 Å². The summed E-state index contributed by atoms with van der Waals surface area (Å²) in [5.74, 6) is 0.194. The fourth-order valence-electron chi connectivity index (χ4n) is 2.78. The van der Waals surface area contributed by atoms with E-state index in [-0.39, 0.29) is 5.91 Å². The molecule has 0 aliphatic carbocycles. The molecule has 1 aromatic rings. The topological polar surface area (TPSA) is 20.3 Å². The summed E-state index contributed by atoms with van der Waals surface area (Å²) in [6.45, 7) is 4.32. The van der Waals surface area contributed by atoms with Crippen LogP contribution in [0.5, 0.6) is 0 Å². The molecule has 2 atom stereocenters. The quantitative estimate of drug-likeness (QED) is 0.756. The van der Waals surface area contributed by atoms with Crippen LogP contribution in [-0.4, -0.2) is 29.1 Å². The first-order valence-electron chi connectivity index (χ1n) is 6.61. The summed E-state index contributed by atoms with van der Waals surface area (Å²) >= 11 is 1.64. The average Bonchev–Trinajstić information content (AvgIpc) is 2.38. The van der Waals surface area contributed by atoms with E-state index < -0.39 is 0 Å². The lowest BCUT2D eigenvalue weighted by atomic mass is 9.96. The van der Waals surface area contributed by atoms with Crippen LogP contribution in [0.1, 0.15) is 43.5 Å². The van der Waals surface area contributed by atoms with Crippen LogP contribution in [0.15, 0.2) is 29.2 Å². The third-order valence-corrected chi connectivity index (χ3v) is 4.56. The second-order valence-electron chi connectivity index (χ2n) is 5.04. The van der Waals surface area contributed by atoms with Gasteiger partial charge in [-0.1, -0.05) is 12.1 Å². The highest BCUT2D eigenvalue weighted by Crippen LogP contribution is 2.28. The molecule has 1 aromatic carbocycles. The van der Waals surface area contributed by atoms with Crippen molar-refractivity contribution in [3.63, 3.8) is 0 Å². The Morgan fingerprint density at radius 3 is 2.44 bits per heavy atom. The monoisotopic (exact) mass is 263 g/mol. The molecular formula is C15H21NOS. The lowest BCUT2D eigenvalue weighted by Gasteiger charge is -2.39. The second kappa shape index (κ2) is 5.79. The van der Waals surface area contributed by atoms with Gasteiger partial charge < -0.3 is 4.90 Å². The molecule has 98 valence electrons. The van der Waals surface area contributed by atoms with Gasteiger partial charge in [0, 0.05) is 17.0 Å². The predicted octanol–water partition coefficient (Wildman–Crippen LogP) is 3.81. The first-order valence-corrected chi connectivity index (χ1v) is 7.83. The molecule has 1 aliphatic heterocycles. The maximum Gasteiger partial charge on any atom is 0.255 e. The highest BCUT2D eigenvalue weighted by atomic mass is 32.2. The van der Waals surface area contributed by atoms with Crippen LogP contribution < -0.4 is 0 Å². The number of thioether (sulfide) groups is 1. The van der Waals surface area contributed by atoms with E-state index in [4.69, 9.17) is 0 Å². The molecule has 2 nitrogen and oxygen atoms in total. The van der Waals surface area contributed by atoms with Crippen molar-refractivity contribution in [3.05, 3.63) is 29.8 Å². The van der Waals surface area contributed by atoms with Crippen molar-refractivity contribution in [1.82, 2.24) is 4.90 Å². The van der Waals surface area contributed by atoms with Gasteiger partial charge in [-0.3, -0.25) is 4.79 Å². The molecule has 1 amide bonds. The van der Waals surface area contributed by atoms with Crippen molar-refractivity contribution in [2.75, 3.05) is 6.26 Å². The molecule has 0 radical (unpaired) electrons. The van der Waals surface area contributed by atoms with E-state index in [1.54, 1.807) is 11.8 Å². The second-order valence-corrected chi connectivity index (χ2v) is 5.89. The number of rotatable bonds is 2. The summed E-state index contributed by atoms with van der Waals surface area (Å²) in [7, 11) is 0. The minimum atomic E-state index is 0.194.